The van der Waals surface area contributed by atoms with E-state index < -0.39 is 10.0 Å². The van der Waals surface area contributed by atoms with Crippen LogP contribution < -0.4 is 5.32 Å². The fourth-order valence-corrected chi connectivity index (χ4v) is 5.80. The number of carbonyl (C=O) groups is 1. The van der Waals surface area contributed by atoms with Gasteiger partial charge in [-0.25, -0.2) is 13.4 Å². The molecule has 1 N–H and O–H groups in total. The molecule has 0 saturated carbocycles. The third kappa shape index (κ3) is 3.55. The van der Waals surface area contributed by atoms with E-state index in [1.807, 2.05) is 18.2 Å². The third-order valence-corrected chi connectivity index (χ3v) is 7.77. The number of anilines is 1. The number of sulfonamides is 1. The summed E-state index contributed by atoms with van der Waals surface area (Å²) in [5.41, 5.74) is 2.46. The smallest absolute Gasteiger partial charge is 0.257 e. The fourth-order valence-electron chi connectivity index (χ4n) is 3.37. The first kappa shape index (κ1) is 19.0. The predicted octanol–water partition coefficient (Wildman–Crippen LogP) is 3.90. The van der Waals surface area contributed by atoms with Gasteiger partial charge in [0.25, 0.3) is 5.91 Å². The lowest BCUT2D eigenvalue weighted by Crippen LogP contribution is -2.27. The van der Waals surface area contributed by atoms with E-state index >= 15 is 0 Å². The van der Waals surface area contributed by atoms with Crippen molar-refractivity contribution in [2.24, 2.45) is 0 Å². The van der Waals surface area contributed by atoms with E-state index in [4.69, 9.17) is 0 Å². The average molecular weight is 416 g/mol. The monoisotopic (exact) mass is 415 g/mol. The normalized spacial score (nSPS) is 15.2. The zero-order valence-electron chi connectivity index (χ0n) is 15.5. The molecule has 6 nitrogen and oxygen atoms in total. The number of amides is 1. The van der Waals surface area contributed by atoms with Crippen molar-refractivity contribution in [2.45, 2.75) is 31.1 Å². The summed E-state index contributed by atoms with van der Waals surface area (Å²) < 4.78 is 27.7. The number of hydrogen-bond acceptors (Lipinski definition) is 5. The lowest BCUT2D eigenvalue weighted by molar-refractivity contribution is 0.102. The number of thiazole rings is 1. The van der Waals surface area contributed by atoms with Crippen LogP contribution in [0.5, 0.6) is 0 Å². The Morgan fingerprint density at radius 1 is 1.14 bits per heavy atom. The molecule has 1 amide bonds. The SMILES string of the molecule is CCc1cccc2sc(NC(=O)c3ccc(S(=O)(=O)N4CCCC4)cc3)nc12. The summed E-state index contributed by atoms with van der Waals surface area (Å²) in [7, 11) is -3.47. The Labute approximate surface area is 168 Å². The maximum Gasteiger partial charge on any atom is 0.257 e. The van der Waals surface area contributed by atoms with Gasteiger partial charge in [0.2, 0.25) is 10.0 Å². The number of hydrogen-bond donors (Lipinski definition) is 1. The molecule has 0 bridgehead atoms. The van der Waals surface area contributed by atoms with Crippen LogP contribution in [0.25, 0.3) is 10.2 Å². The minimum Gasteiger partial charge on any atom is -0.298 e. The molecular formula is C20H21N3O3S2. The van der Waals surface area contributed by atoms with Crippen molar-refractivity contribution in [1.29, 1.82) is 0 Å². The maximum atomic E-state index is 12.6. The van der Waals surface area contributed by atoms with Crippen molar-refractivity contribution in [1.82, 2.24) is 9.29 Å². The molecule has 1 aromatic heterocycles. The van der Waals surface area contributed by atoms with Gasteiger partial charge >= 0.3 is 0 Å². The number of nitrogens with one attached hydrogen (secondary N) is 1. The van der Waals surface area contributed by atoms with Crippen LogP contribution in [0.2, 0.25) is 0 Å². The molecule has 4 rings (SSSR count). The number of aryl methyl sites for hydroxylation is 1. The summed E-state index contributed by atoms with van der Waals surface area (Å²) in [6.45, 7) is 3.19. The van der Waals surface area contributed by atoms with Gasteiger partial charge in [-0.1, -0.05) is 30.4 Å². The summed E-state index contributed by atoms with van der Waals surface area (Å²) in [5, 5.41) is 3.36. The Hall–Kier alpha value is -2.29. The largest absolute Gasteiger partial charge is 0.298 e. The van der Waals surface area contributed by atoms with Crippen LogP contribution in [0, 0.1) is 0 Å². The number of carbonyl (C=O) groups excluding carboxylic acids is 1. The molecule has 0 unspecified atom stereocenters. The van der Waals surface area contributed by atoms with Gasteiger partial charge < -0.3 is 0 Å². The van der Waals surface area contributed by atoms with E-state index in [0.717, 1.165) is 35.0 Å². The minimum atomic E-state index is -3.47. The summed E-state index contributed by atoms with van der Waals surface area (Å²) in [5.74, 6) is -0.303. The first-order valence-corrected chi connectivity index (χ1v) is 11.5. The topological polar surface area (TPSA) is 79.4 Å². The molecule has 28 heavy (non-hydrogen) atoms. The van der Waals surface area contributed by atoms with Gasteiger partial charge in [-0.15, -0.1) is 0 Å². The van der Waals surface area contributed by atoms with E-state index in [1.165, 1.54) is 27.8 Å². The van der Waals surface area contributed by atoms with Crippen molar-refractivity contribution in [3.8, 4) is 0 Å². The number of para-hydroxylation sites is 1. The zero-order valence-corrected chi connectivity index (χ0v) is 17.1. The molecule has 8 heteroatoms. The van der Waals surface area contributed by atoms with Crippen molar-refractivity contribution >= 4 is 42.6 Å². The Kier molecular flexibility index (Phi) is 5.18. The van der Waals surface area contributed by atoms with Crippen LogP contribution in [-0.2, 0) is 16.4 Å². The molecule has 1 aliphatic heterocycles. The van der Waals surface area contributed by atoms with Crippen LogP contribution in [0.3, 0.4) is 0 Å². The van der Waals surface area contributed by atoms with E-state index in [1.54, 1.807) is 12.1 Å². The Balaban J connectivity index is 1.52. The molecule has 0 atom stereocenters. The third-order valence-electron chi connectivity index (χ3n) is 4.92. The van der Waals surface area contributed by atoms with Crippen molar-refractivity contribution < 1.29 is 13.2 Å². The standard InChI is InChI=1S/C20H21N3O3S2/c1-2-14-6-5-7-17-18(14)21-20(27-17)22-19(24)15-8-10-16(11-9-15)28(25,26)23-12-3-4-13-23/h5-11H,2-4,12-13H2,1H3,(H,21,22,24). The van der Waals surface area contributed by atoms with Crippen LogP contribution in [0.1, 0.15) is 35.7 Å². The molecule has 0 radical (unpaired) electrons. The van der Waals surface area contributed by atoms with E-state index in [-0.39, 0.29) is 10.8 Å². The predicted molar refractivity (Wildman–Crippen MR) is 111 cm³/mol. The highest BCUT2D eigenvalue weighted by Gasteiger charge is 2.27. The number of benzene rings is 2. The second-order valence-electron chi connectivity index (χ2n) is 6.73. The highest BCUT2D eigenvalue weighted by atomic mass is 32.2. The number of rotatable bonds is 5. The lowest BCUT2D eigenvalue weighted by atomic mass is 10.1. The first-order valence-electron chi connectivity index (χ1n) is 9.29. The van der Waals surface area contributed by atoms with Gasteiger partial charge in [0.05, 0.1) is 15.1 Å². The molecule has 0 aliphatic carbocycles. The summed E-state index contributed by atoms with van der Waals surface area (Å²) >= 11 is 1.43. The van der Waals surface area contributed by atoms with E-state index in [9.17, 15) is 13.2 Å². The number of nitrogens with zero attached hydrogens (tertiary/aromatic N) is 2. The van der Waals surface area contributed by atoms with Gasteiger partial charge in [0, 0.05) is 18.7 Å². The summed E-state index contributed by atoms with van der Waals surface area (Å²) in [4.78, 5) is 17.3. The molecule has 1 fully saturated rings. The van der Waals surface area contributed by atoms with Gasteiger partial charge in [-0.05, 0) is 55.2 Å². The lowest BCUT2D eigenvalue weighted by Gasteiger charge is -2.15. The van der Waals surface area contributed by atoms with Gasteiger partial charge in [-0.2, -0.15) is 4.31 Å². The molecule has 2 heterocycles. The summed E-state index contributed by atoms with van der Waals surface area (Å²) in [6, 6.07) is 12.1. The first-order chi connectivity index (χ1) is 13.5. The molecular weight excluding hydrogens is 394 g/mol. The van der Waals surface area contributed by atoms with Gasteiger partial charge in [0.1, 0.15) is 0 Å². The second kappa shape index (κ2) is 7.62. The van der Waals surface area contributed by atoms with Crippen LogP contribution in [-0.4, -0.2) is 36.7 Å². The van der Waals surface area contributed by atoms with Crippen LogP contribution >= 0.6 is 11.3 Å². The van der Waals surface area contributed by atoms with Crippen molar-refractivity contribution in [3.05, 3.63) is 53.6 Å². The Bertz CT molecular complexity index is 1120. The molecule has 3 aromatic rings. The molecule has 1 saturated heterocycles. The van der Waals surface area contributed by atoms with Gasteiger partial charge in [0.15, 0.2) is 5.13 Å². The molecule has 1 aliphatic rings. The number of fused-ring (bicyclic) bond motifs is 1. The highest BCUT2D eigenvalue weighted by molar-refractivity contribution is 7.89. The van der Waals surface area contributed by atoms with Crippen molar-refractivity contribution in [2.75, 3.05) is 18.4 Å². The maximum absolute atomic E-state index is 12.6. The zero-order chi connectivity index (χ0) is 19.7. The highest BCUT2D eigenvalue weighted by Crippen LogP contribution is 2.29. The average Bonchev–Trinajstić information content (AvgIpc) is 3.37. The number of aromatic nitrogens is 1. The Morgan fingerprint density at radius 3 is 2.54 bits per heavy atom. The second-order valence-corrected chi connectivity index (χ2v) is 9.69. The van der Waals surface area contributed by atoms with E-state index in [2.05, 4.69) is 17.2 Å². The van der Waals surface area contributed by atoms with Gasteiger partial charge in [-0.3, -0.25) is 10.1 Å². The van der Waals surface area contributed by atoms with Crippen LogP contribution in [0.4, 0.5) is 5.13 Å². The molecule has 0 spiro atoms. The molecule has 146 valence electrons. The van der Waals surface area contributed by atoms with Crippen LogP contribution in [0.15, 0.2) is 47.4 Å². The Morgan fingerprint density at radius 2 is 1.86 bits per heavy atom. The minimum absolute atomic E-state index is 0.221. The fraction of sp³-hybridized carbons (Fsp3) is 0.300. The molecule has 2 aromatic carbocycles. The quantitative estimate of drug-likeness (QED) is 0.685. The van der Waals surface area contributed by atoms with Crippen molar-refractivity contribution in [3.63, 3.8) is 0 Å². The summed E-state index contributed by atoms with van der Waals surface area (Å²) in [6.07, 6.45) is 2.66. The van der Waals surface area contributed by atoms with E-state index in [0.29, 0.717) is 23.8 Å².